The van der Waals surface area contributed by atoms with Gasteiger partial charge in [-0.25, -0.2) is 0 Å². The Kier molecular flexibility index (Phi) is 2.54. The lowest BCUT2D eigenvalue weighted by Gasteiger charge is -2.09. The summed E-state index contributed by atoms with van der Waals surface area (Å²) in [6.45, 7) is 0. The Hall–Kier alpha value is -0.250. The molecule has 0 amide bonds. The Bertz CT molecular complexity index is 158. The maximum absolute atomic E-state index is 9.20. The second-order valence-electron chi connectivity index (χ2n) is 2.36. The number of hydrogen-bond donors (Lipinski definition) is 1. The van der Waals surface area contributed by atoms with Crippen LogP contribution < -0.4 is 0 Å². The highest BCUT2D eigenvalue weighted by Crippen LogP contribution is 2.28. The van der Waals surface area contributed by atoms with Gasteiger partial charge in [0.05, 0.1) is 12.1 Å². The van der Waals surface area contributed by atoms with E-state index in [4.69, 9.17) is 5.53 Å². The van der Waals surface area contributed by atoms with Crippen LogP contribution in [0, 0.1) is 0 Å². The number of aliphatic hydroxyl groups is 1. The van der Waals surface area contributed by atoms with Crippen LogP contribution in [0.4, 0.5) is 0 Å². The monoisotopic (exact) mass is 205 g/mol. The van der Waals surface area contributed by atoms with E-state index in [1.807, 2.05) is 0 Å². The summed E-state index contributed by atoms with van der Waals surface area (Å²) in [7, 11) is 0. The minimum Gasteiger partial charge on any atom is -0.393 e. The molecule has 1 aliphatic carbocycles. The SMILES string of the molecule is [N-]=[N+]=NC1C(O)CCC1Br. The summed E-state index contributed by atoms with van der Waals surface area (Å²) in [6, 6.07) is -0.273. The van der Waals surface area contributed by atoms with Crippen molar-refractivity contribution in [1.29, 1.82) is 0 Å². The molecule has 0 saturated heterocycles. The average molecular weight is 206 g/mol. The van der Waals surface area contributed by atoms with Crippen molar-refractivity contribution in [2.24, 2.45) is 5.11 Å². The molecule has 3 atom stereocenters. The third-order valence-corrected chi connectivity index (χ3v) is 2.69. The van der Waals surface area contributed by atoms with Crippen molar-refractivity contribution in [3.8, 4) is 0 Å². The standard InChI is InChI=1S/C5H8BrN3O/c6-3-1-2-4(10)5(3)8-9-7/h3-5,10H,1-2H2. The van der Waals surface area contributed by atoms with E-state index in [9.17, 15) is 5.11 Å². The van der Waals surface area contributed by atoms with Crippen LogP contribution in [0.2, 0.25) is 0 Å². The van der Waals surface area contributed by atoms with Gasteiger partial charge in [0.1, 0.15) is 0 Å². The first-order valence-corrected chi connectivity index (χ1v) is 4.03. The van der Waals surface area contributed by atoms with Crippen LogP contribution in [0.25, 0.3) is 10.4 Å². The number of nitrogens with zero attached hydrogens (tertiary/aromatic N) is 3. The van der Waals surface area contributed by atoms with Crippen LogP contribution in [0.1, 0.15) is 12.8 Å². The Balaban J connectivity index is 2.62. The Morgan fingerprint density at radius 3 is 2.70 bits per heavy atom. The fourth-order valence-corrected chi connectivity index (χ4v) is 1.84. The largest absolute Gasteiger partial charge is 0.393 e. The Morgan fingerprint density at radius 1 is 1.60 bits per heavy atom. The van der Waals surface area contributed by atoms with Gasteiger partial charge in [-0.2, -0.15) is 0 Å². The first-order valence-electron chi connectivity index (χ1n) is 3.12. The zero-order valence-corrected chi connectivity index (χ0v) is 6.90. The summed E-state index contributed by atoms with van der Waals surface area (Å²) in [5, 5.41) is 12.7. The van der Waals surface area contributed by atoms with Crippen molar-refractivity contribution in [2.45, 2.75) is 29.8 Å². The van der Waals surface area contributed by atoms with E-state index >= 15 is 0 Å². The lowest BCUT2D eigenvalue weighted by molar-refractivity contribution is 0.166. The lowest BCUT2D eigenvalue weighted by Crippen LogP contribution is -2.22. The first-order chi connectivity index (χ1) is 4.75. The fourth-order valence-electron chi connectivity index (χ4n) is 1.12. The van der Waals surface area contributed by atoms with Gasteiger partial charge in [-0.1, -0.05) is 21.0 Å². The predicted molar refractivity (Wildman–Crippen MR) is 40.9 cm³/mol. The van der Waals surface area contributed by atoms with Crippen molar-refractivity contribution < 1.29 is 5.11 Å². The third kappa shape index (κ3) is 1.42. The molecule has 1 fully saturated rings. The van der Waals surface area contributed by atoms with Crippen LogP contribution in [0.5, 0.6) is 0 Å². The summed E-state index contributed by atoms with van der Waals surface area (Å²) in [5.74, 6) is 0. The van der Waals surface area contributed by atoms with Crippen molar-refractivity contribution >= 4 is 15.9 Å². The summed E-state index contributed by atoms with van der Waals surface area (Å²) in [4.78, 5) is 2.80. The molecule has 1 N–H and O–H groups in total. The van der Waals surface area contributed by atoms with Crippen LogP contribution in [0.3, 0.4) is 0 Å². The second kappa shape index (κ2) is 3.23. The highest BCUT2D eigenvalue weighted by atomic mass is 79.9. The molecule has 4 nitrogen and oxygen atoms in total. The van der Waals surface area contributed by atoms with Gasteiger partial charge in [-0.15, -0.1) is 0 Å². The minimum atomic E-state index is -0.458. The van der Waals surface area contributed by atoms with Gasteiger partial charge in [-0.3, -0.25) is 0 Å². The maximum Gasteiger partial charge on any atom is 0.0758 e. The Morgan fingerprint density at radius 2 is 2.30 bits per heavy atom. The van der Waals surface area contributed by atoms with Crippen molar-refractivity contribution in [3.63, 3.8) is 0 Å². The molecule has 56 valence electrons. The number of aliphatic hydroxyl groups excluding tert-OH is 1. The van der Waals surface area contributed by atoms with Gasteiger partial charge in [0.15, 0.2) is 0 Å². The lowest BCUT2D eigenvalue weighted by atomic mass is 10.2. The highest BCUT2D eigenvalue weighted by molar-refractivity contribution is 9.09. The van der Waals surface area contributed by atoms with Gasteiger partial charge in [0, 0.05) is 9.74 Å². The molecule has 1 rings (SSSR count). The van der Waals surface area contributed by atoms with E-state index in [0.29, 0.717) is 0 Å². The molecule has 0 bridgehead atoms. The van der Waals surface area contributed by atoms with Crippen molar-refractivity contribution in [3.05, 3.63) is 10.4 Å². The highest BCUT2D eigenvalue weighted by Gasteiger charge is 2.32. The molecule has 1 aliphatic rings. The van der Waals surface area contributed by atoms with Crippen LogP contribution in [0.15, 0.2) is 5.11 Å². The third-order valence-electron chi connectivity index (χ3n) is 1.69. The molecule has 0 aromatic rings. The number of halogens is 1. The summed E-state index contributed by atoms with van der Waals surface area (Å²) < 4.78 is 0. The molecule has 0 heterocycles. The van der Waals surface area contributed by atoms with E-state index in [1.165, 1.54) is 0 Å². The molecular formula is C5H8BrN3O. The van der Waals surface area contributed by atoms with Gasteiger partial charge in [0.2, 0.25) is 0 Å². The summed E-state index contributed by atoms with van der Waals surface area (Å²) >= 11 is 3.32. The normalized spacial score (nSPS) is 39.2. The number of azide groups is 1. The molecule has 0 aliphatic heterocycles. The number of rotatable bonds is 1. The van der Waals surface area contributed by atoms with Crippen LogP contribution in [-0.2, 0) is 0 Å². The zero-order chi connectivity index (χ0) is 7.56. The van der Waals surface area contributed by atoms with E-state index < -0.39 is 6.10 Å². The van der Waals surface area contributed by atoms with Gasteiger partial charge in [-0.05, 0) is 18.4 Å². The van der Waals surface area contributed by atoms with E-state index in [2.05, 4.69) is 26.0 Å². The van der Waals surface area contributed by atoms with E-state index in [1.54, 1.807) is 0 Å². The maximum atomic E-state index is 9.20. The summed E-state index contributed by atoms with van der Waals surface area (Å²) in [6.07, 6.45) is 1.14. The van der Waals surface area contributed by atoms with Crippen LogP contribution >= 0.6 is 15.9 Å². The van der Waals surface area contributed by atoms with Crippen molar-refractivity contribution in [2.75, 3.05) is 0 Å². The minimum absolute atomic E-state index is 0.151. The summed E-state index contributed by atoms with van der Waals surface area (Å²) in [5.41, 5.74) is 8.09. The van der Waals surface area contributed by atoms with Crippen LogP contribution in [-0.4, -0.2) is 22.1 Å². The molecule has 3 unspecified atom stereocenters. The molecule has 10 heavy (non-hydrogen) atoms. The van der Waals surface area contributed by atoms with Gasteiger partial charge < -0.3 is 5.11 Å². The molecular weight excluding hydrogens is 198 g/mol. The van der Waals surface area contributed by atoms with Crippen molar-refractivity contribution in [1.82, 2.24) is 0 Å². The molecule has 5 heteroatoms. The van der Waals surface area contributed by atoms with E-state index in [0.717, 1.165) is 12.8 Å². The molecule has 0 spiro atoms. The van der Waals surface area contributed by atoms with Gasteiger partial charge in [0.25, 0.3) is 0 Å². The molecule has 0 aromatic carbocycles. The molecule has 0 aromatic heterocycles. The molecule has 1 saturated carbocycles. The quantitative estimate of drug-likeness (QED) is 0.301. The second-order valence-corrected chi connectivity index (χ2v) is 3.53. The first kappa shape index (κ1) is 7.85. The fraction of sp³-hybridized carbons (Fsp3) is 1.00. The number of alkyl halides is 1. The predicted octanol–water partition coefficient (Wildman–Crippen LogP) is 1.58. The number of hydrogen-bond acceptors (Lipinski definition) is 2. The average Bonchev–Trinajstić information content (AvgIpc) is 2.20. The topological polar surface area (TPSA) is 69.0 Å². The zero-order valence-electron chi connectivity index (χ0n) is 5.31. The smallest absolute Gasteiger partial charge is 0.0758 e. The van der Waals surface area contributed by atoms with Gasteiger partial charge >= 0.3 is 0 Å². The van der Waals surface area contributed by atoms with E-state index in [-0.39, 0.29) is 10.9 Å². The molecule has 0 radical (unpaired) electrons. The Labute approximate surface area is 67.0 Å².